The highest BCUT2D eigenvalue weighted by Crippen LogP contribution is 2.35. The van der Waals surface area contributed by atoms with Crippen molar-refractivity contribution in [1.29, 1.82) is 0 Å². The predicted molar refractivity (Wildman–Crippen MR) is 117 cm³/mol. The summed E-state index contributed by atoms with van der Waals surface area (Å²) in [4.78, 5) is 12.1. The third-order valence-corrected chi connectivity index (χ3v) is 5.49. The molecule has 1 saturated carbocycles. The highest BCUT2D eigenvalue weighted by molar-refractivity contribution is 5.85. The SMILES string of the molecule is CC1(C)CCC(NCc2ccc(-c3ccc4[nH]cnc4c3)cn2)CC1.Cl.Cl. The van der Waals surface area contributed by atoms with Crippen LogP contribution in [-0.4, -0.2) is 21.0 Å². The summed E-state index contributed by atoms with van der Waals surface area (Å²) in [5.41, 5.74) is 5.97. The summed E-state index contributed by atoms with van der Waals surface area (Å²) in [6.07, 6.45) is 8.87. The van der Waals surface area contributed by atoms with E-state index in [0.717, 1.165) is 34.4 Å². The lowest BCUT2D eigenvalue weighted by Crippen LogP contribution is -2.35. The van der Waals surface area contributed by atoms with E-state index in [1.165, 1.54) is 25.7 Å². The topological polar surface area (TPSA) is 53.6 Å². The number of hydrogen-bond donors (Lipinski definition) is 2. The second-order valence-corrected chi connectivity index (χ2v) is 7.99. The predicted octanol–water partition coefficient (Wildman–Crippen LogP) is 5.53. The molecule has 2 N–H and O–H groups in total. The zero-order valence-electron chi connectivity index (χ0n) is 15.9. The summed E-state index contributed by atoms with van der Waals surface area (Å²) in [5.74, 6) is 0. The Hall–Kier alpha value is -1.62. The number of aromatic nitrogens is 3. The Morgan fingerprint density at radius 2 is 1.78 bits per heavy atom. The van der Waals surface area contributed by atoms with Gasteiger partial charge in [-0.25, -0.2) is 4.98 Å². The quantitative estimate of drug-likeness (QED) is 0.598. The molecule has 1 aliphatic carbocycles. The minimum Gasteiger partial charge on any atom is -0.345 e. The van der Waals surface area contributed by atoms with Crippen molar-refractivity contribution in [2.45, 2.75) is 52.1 Å². The monoisotopic (exact) mass is 406 g/mol. The van der Waals surface area contributed by atoms with Gasteiger partial charge in [-0.2, -0.15) is 0 Å². The molecule has 0 unspecified atom stereocenters. The molecule has 6 heteroatoms. The maximum absolute atomic E-state index is 4.65. The van der Waals surface area contributed by atoms with Crippen LogP contribution in [0.3, 0.4) is 0 Å². The number of hydrogen-bond acceptors (Lipinski definition) is 3. The van der Waals surface area contributed by atoms with Gasteiger partial charge in [-0.3, -0.25) is 4.98 Å². The minimum atomic E-state index is 0. The molecule has 2 heterocycles. The van der Waals surface area contributed by atoms with Gasteiger partial charge in [0.2, 0.25) is 0 Å². The van der Waals surface area contributed by atoms with Gasteiger partial charge < -0.3 is 10.3 Å². The lowest BCUT2D eigenvalue weighted by molar-refractivity contribution is 0.205. The van der Waals surface area contributed by atoms with Crippen LogP contribution in [0.2, 0.25) is 0 Å². The molecule has 0 amide bonds. The van der Waals surface area contributed by atoms with Gasteiger partial charge in [0.25, 0.3) is 0 Å². The van der Waals surface area contributed by atoms with Crippen LogP contribution < -0.4 is 5.32 Å². The van der Waals surface area contributed by atoms with E-state index in [2.05, 4.69) is 64.4 Å². The number of aromatic amines is 1. The summed E-state index contributed by atoms with van der Waals surface area (Å²) < 4.78 is 0. The van der Waals surface area contributed by atoms with Gasteiger partial charge in [0, 0.05) is 24.3 Å². The Morgan fingerprint density at radius 3 is 2.48 bits per heavy atom. The van der Waals surface area contributed by atoms with Gasteiger partial charge in [0.05, 0.1) is 23.1 Å². The summed E-state index contributed by atoms with van der Waals surface area (Å²) in [5, 5.41) is 3.68. The first-order chi connectivity index (χ1) is 12.1. The number of nitrogens with one attached hydrogen (secondary N) is 2. The second-order valence-electron chi connectivity index (χ2n) is 7.99. The normalized spacial score (nSPS) is 16.5. The smallest absolute Gasteiger partial charge is 0.0931 e. The van der Waals surface area contributed by atoms with Crippen LogP contribution in [0.1, 0.15) is 45.2 Å². The van der Waals surface area contributed by atoms with Crippen LogP contribution in [0.4, 0.5) is 0 Å². The molecule has 1 aliphatic rings. The molecule has 1 fully saturated rings. The molecule has 0 bridgehead atoms. The first-order valence-corrected chi connectivity index (χ1v) is 9.21. The molecule has 2 aromatic heterocycles. The van der Waals surface area contributed by atoms with E-state index in [1.807, 2.05) is 6.20 Å². The minimum absolute atomic E-state index is 0. The molecular formula is C21H28Cl2N4. The number of halogens is 2. The van der Waals surface area contributed by atoms with Crippen LogP contribution in [0, 0.1) is 5.41 Å². The van der Waals surface area contributed by atoms with Crippen LogP contribution in [-0.2, 0) is 6.54 Å². The number of fused-ring (bicyclic) bond motifs is 1. The van der Waals surface area contributed by atoms with Gasteiger partial charge in [0.15, 0.2) is 0 Å². The standard InChI is InChI=1S/C21H26N4.2ClH/c1-21(2)9-7-17(8-10-21)23-13-18-5-3-16(12-22-18)15-4-6-19-20(11-15)25-14-24-19;;/h3-6,11-12,14,17,23H,7-10,13H2,1-2H3,(H,24,25);2*1H. The van der Waals surface area contributed by atoms with Gasteiger partial charge in [-0.05, 0) is 54.9 Å². The summed E-state index contributed by atoms with van der Waals surface area (Å²) in [6.45, 7) is 5.61. The Bertz CT molecular complexity index is 848. The van der Waals surface area contributed by atoms with Crippen molar-refractivity contribution in [3.63, 3.8) is 0 Å². The maximum atomic E-state index is 4.65. The van der Waals surface area contributed by atoms with E-state index in [9.17, 15) is 0 Å². The fourth-order valence-electron chi connectivity index (χ4n) is 3.66. The molecule has 0 radical (unpaired) electrons. The molecule has 27 heavy (non-hydrogen) atoms. The highest BCUT2D eigenvalue weighted by atomic mass is 35.5. The van der Waals surface area contributed by atoms with Crippen molar-refractivity contribution in [3.8, 4) is 11.1 Å². The van der Waals surface area contributed by atoms with Gasteiger partial charge in [-0.15, -0.1) is 24.8 Å². The molecular weight excluding hydrogens is 379 g/mol. The van der Waals surface area contributed by atoms with E-state index in [0.29, 0.717) is 11.5 Å². The van der Waals surface area contributed by atoms with Crippen molar-refractivity contribution in [3.05, 3.63) is 48.5 Å². The Labute approximate surface area is 173 Å². The first-order valence-electron chi connectivity index (χ1n) is 9.21. The summed E-state index contributed by atoms with van der Waals surface area (Å²) >= 11 is 0. The number of benzene rings is 1. The Balaban J connectivity index is 0.00000131. The van der Waals surface area contributed by atoms with E-state index in [4.69, 9.17) is 0 Å². The molecule has 146 valence electrons. The third kappa shape index (κ3) is 5.22. The van der Waals surface area contributed by atoms with E-state index in [-0.39, 0.29) is 24.8 Å². The highest BCUT2D eigenvalue weighted by Gasteiger charge is 2.26. The Morgan fingerprint density at radius 1 is 1.04 bits per heavy atom. The maximum Gasteiger partial charge on any atom is 0.0931 e. The molecule has 0 atom stereocenters. The van der Waals surface area contributed by atoms with Crippen LogP contribution in [0.15, 0.2) is 42.9 Å². The fourth-order valence-corrected chi connectivity index (χ4v) is 3.66. The average molecular weight is 407 g/mol. The van der Waals surface area contributed by atoms with Gasteiger partial charge in [-0.1, -0.05) is 26.0 Å². The third-order valence-electron chi connectivity index (χ3n) is 5.49. The molecule has 3 aromatic rings. The van der Waals surface area contributed by atoms with E-state index >= 15 is 0 Å². The molecule has 0 aliphatic heterocycles. The number of H-pyrrole nitrogens is 1. The zero-order valence-corrected chi connectivity index (χ0v) is 17.5. The van der Waals surface area contributed by atoms with Crippen LogP contribution >= 0.6 is 24.8 Å². The molecule has 4 nitrogen and oxygen atoms in total. The number of pyridine rings is 1. The second kappa shape index (κ2) is 9.05. The van der Waals surface area contributed by atoms with Crippen molar-refractivity contribution < 1.29 is 0 Å². The van der Waals surface area contributed by atoms with Crippen molar-refractivity contribution in [2.75, 3.05) is 0 Å². The van der Waals surface area contributed by atoms with Crippen molar-refractivity contribution in [1.82, 2.24) is 20.3 Å². The lowest BCUT2D eigenvalue weighted by atomic mass is 9.75. The van der Waals surface area contributed by atoms with E-state index < -0.39 is 0 Å². The van der Waals surface area contributed by atoms with Crippen molar-refractivity contribution >= 4 is 35.8 Å². The van der Waals surface area contributed by atoms with E-state index in [1.54, 1.807) is 6.33 Å². The molecule has 1 aromatic carbocycles. The summed E-state index contributed by atoms with van der Waals surface area (Å²) in [6, 6.07) is 11.2. The van der Waals surface area contributed by atoms with Crippen LogP contribution in [0.5, 0.6) is 0 Å². The van der Waals surface area contributed by atoms with Crippen molar-refractivity contribution in [2.24, 2.45) is 5.41 Å². The number of rotatable bonds is 4. The van der Waals surface area contributed by atoms with Crippen LogP contribution in [0.25, 0.3) is 22.2 Å². The first kappa shape index (κ1) is 21.7. The van der Waals surface area contributed by atoms with Gasteiger partial charge >= 0.3 is 0 Å². The number of nitrogens with zero attached hydrogens (tertiary/aromatic N) is 2. The molecule has 4 rings (SSSR count). The van der Waals surface area contributed by atoms with Gasteiger partial charge in [0.1, 0.15) is 0 Å². The number of imidazole rings is 1. The molecule has 0 saturated heterocycles. The zero-order chi connectivity index (χ0) is 17.3. The largest absolute Gasteiger partial charge is 0.345 e. The average Bonchev–Trinajstić information content (AvgIpc) is 3.09. The Kier molecular flexibility index (Phi) is 7.26. The fraction of sp³-hybridized carbons (Fsp3) is 0.429. The summed E-state index contributed by atoms with van der Waals surface area (Å²) in [7, 11) is 0. The molecule has 0 spiro atoms. The lowest BCUT2D eigenvalue weighted by Gasteiger charge is -2.34.